The molecule has 1 aliphatic rings. The van der Waals surface area contributed by atoms with Crippen LogP contribution in [0.15, 0.2) is 116 Å². The number of imidazole rings is 1. The SMILES string of the molecule is [C-]#[N+]c1ccc2ncn(-c3ncc(N)c(N[C@@H]4CC[C@@H](O[Si](c5ccccc5)(c5ccccc5)C(C)(C)C)c5ccccc54)n3)c2c1. The van der Waals surface area contributed by atoms with E-state index < -0.39 is 8.32 Å². The maximum absolute atomic E-state index is 7.62. The van der Waals surface area contributed by atoms with Gasteiger partial charge in [-0.05, 0) is 51.5 Å². The summed E-state index contributed by atoms with van der Waals surface area (Å²) in [6.07, 6.45) is 4.89. The number of hydrogen-bond donors (Lipinski definition) is 2. The van der Waals surface area contributed by atoms with E-state index >= 15 is 0 Å². The van der Waals surface area contributed by atoms with Gasteiger partial charge < -0.3 is 15.5 Å². The summed E-state index contributed by atoms with van der Waals surface area (Å²) in [5.74, 6) is 0.993. The third-order valence-electron chi connectivity index (χ3n) is 9.16. The number of fused-ring (bicyclic) bond motifs is 2. The van der Waals surface area contributed by atoms with Gasteiger partial charge in [0, 0.05) is 0 Å². The lowest BCUT2D eigenvalue weighted by atomic mass is 9.86. The molecule has 9 heteroatoms. The average Bonchev–Trinajstić information content (AvgIpc) is 3.52. The van der Waals surface area contributed by atoms with Crippen LogP contribution in [0.1, 0.15) is 56.9 Å². The minimum atomic E-state index is -2.77. The van der Waals surface area contributed by atoms with E-state index in [0.29, 0.717) is 23.1 Å². The van der Waals surface area contributed by atoms with Crippen LogP contribution >= 0.6 is 0 Å². The first kappa shape index (κ1) is 30.4. The van der Waals surface area contributed by atoms with E-state index in [1.807, 2.05) is 6.07 Å². The fourth-order valence-electron chi connectivity index (χ4n) is 6.93. The third kappa shape index (κ3) is 5.45. The highest BCUT2D eigenvalue weighted by atomic mass is 28.4. The van der Waals surface area contributed by atoms with Gasteiger partial charge in [0.2, 0.25) is 5.95 Å². The van der Waals surface area contributed by atoms with Gasteiger partial charge in [0.05, 0.1) is 41.6 Å². The van der Waals surface area contributed by atoms with E-state index in [1.165, 1.54) is 21.5 Å². The Morgan fingerprint density at radius 3 is 2.19 bits per heavy atom. The molecule has 3 N–H and O–H groups in total. The smallest absolute Gasteiger partial charge is 0.261 e. The molecule has 0 saturated heterocycles. The maximum atomic E-state index is 7.62. The molecule has 2 atom stereocenters. The van der Waals surface area contributed by atoms with Gasteiger partial charge in [0.1, 0.15) is 6.33 Å². The van der Waals surface area contributed by atoms with Crippen molar-refractivity contribution >= 4 is 46.9 Å². The number of nitrogens with two attached hydrogens (primary N) is 1. The van der Waals surface area contributed by atoms with Crippen LogP contribution in [-0.2, 0) is 4.43 Å². The highest BCUT2D eigenvalue weighted by Crippen LogP contribution is 2.45. The fraction of sp³-hybridized carbons (Fsp3) is 0.211. The Labute approximate surface area is 276 Å². The lowest BCUT2D eigenvalue weighted by molar-refractivity contribution is 0.165. The Hall–Kier alpha value is -5.30. The van der Waals surface area contributed by atoms with Crippen LogP contribution in [0.25, 0.3) is 21.8 Å². The normalized spacial score (nSPS) is 16.4. The number of nitrogens with zero attached hydrogens (tertiary/aromatic N) is 5. The van der Waals surface area contributed by atoms with Crippen molar-refractivity contribution in [2.24, 2.45) is 0 Å². The number of nitrogens with one attached hydrogen (secondary N) is 1. The Balaban J connectivity index is 1.24. The second kappa shape index (κ2) is 12.1. The van der Waals surface area contributed by atoms with E-state index in [1.54, 1.807) is 29.2 Å². The summed E-state index contributed by atoms with van der Waals surface area (Å²) in [6, 6.07) is 35.5. The topological polar surface area (TPSA) is 95.2 Å². The number of rotatable bonds is 7. The first-order valence-electron chi connectivity index (χ1n) is 15.9. The van der Waals surface area contributed by atoms with Crippen molar-refractivity contribution in [1.82, 2.24) is 19.5 Å². The van der Waals surface area contributed by atoms with E-state index in [0.717, 1.165) is 23.9 Å². The van der Waals surface area contributed by atoms with E-state index in [4.69, 9.17) is 21.7 Å². The molecule has 0 radical (unpaired) electrons. The molecule has 0 unspecified atom stereocenters. The second-order valence-corrected chi connectivity index (χ2v) is 17.3. The van der Waals surface area contributed by atoms with Gasteiger partial charge in [-0.15, -0.1) is 0 Å². The summed E-state index contributed by atoms with van der Waals surface area (Å²) in [5, 5.41) is 6.07. The quantitative estimate of drug-likeness (QED) is 0.139. The van der Waals surface area contributed by atoms with Crippen molar-refractivity contribution in [3.05, 3.63) is 138 Å². The summed E-state index contributed by atoms with van der Waals surface area (Å²) in [5.41, 5.74) is 11.3. The number of aromatic nitrogens is 4. The van der Waals surface area contributed by atoms with Gasteiger partial charge in [-0.25, -0.2) is 14.8 Å². The highest BCUT2D eigenvalue weighted by molar-refractivity contribution is 6.99. The Kier molecular flexibility index (Phi) is 7.84. The first-order chi connectivity index (χ1) is 22.8. The molecule has 0 saturated carbocycles. The second-order valence-electron chi connectivity index (χ2n) is 13.0. The van der Waals surface area contributed by atoms with Gasteiger partial charge >= 0.3 is 0 Å². The van der Waals surface area contributed by atoms with Gasteiger partial charge in [0.25, 0.3) is 8.32 Å². The van der Waals surface area contributed by atoms with E-state index in [9.17, 15) is 0 Å². The van der Waals surface area contributed by atoms with Crippen LogP contribution in [0.4, 0.5) is 17.2 Å². The summed E-state index contributed by atoms with van der Waals surface area (Å²) in [6.45, 7) is 14.4. The maximum Gasteiger partial charge on any atom is 0.261 e. The number of nitrogen functional groups attached to an aromatic ring is 1. The predicted octanol–water partition coefficient (Wildman–Crippen LogP) is 7.51. The van der Waals surface area contributed by atoms with Crippen LogP contribution in [0, 0.1) is 6.57 Å². The largest absolute Gasteiger partial charge is 0.400 e. The van der Waals surface area contributed by atoms with E-state index in [-0.39, 0.29) is 17.2 Å². The first-order valence-corrected chi connectivity index (χ1v) is 17.8. The molecule has 0 aliphatic heterocycles. The Morgan fingerprint density at radius 1 is 0.872 bits per heavy atom. The molecule has 4 aromatic carbocycles. The summed E-state index contributed by atoms with van der Waals surface area (Å²) in [4.78, 5) is 17.4. The van der Waals surface area contributed by atoms with Crippen molar-refractivity contribution in [1.29, 1.82) is 0 Å². The minimum absolute atomic E-state index is 0.0245. The van der Waals surface area contributed by atoms with Crippen LogP contribution in [0.5, 0.6) is 0 Å². The molecule has 0 fully saturated rings. The van der Waals surface area contributed by atoms with Gasteiger partial charge in [-0.2, -0.15) is 4.98 Å². The number of anilines is 2. The van der Waals surface area contributed by atoms with Gasteiger partial charge in [0.15, 0.2) is 11.5 Å². The van der Waals surface area contributed by atoms with Crippen molar-refractivity contribution in [2.75, 3.05) is 11.1 Å². The standard InChI is InChI=1S/C38H37N7OSi/c1-38(2,3)47(27-13-7-5-8-14-27,28-15-9-6-10-16-28)46-35-22-21-32(29-17-11-12-18-30(29)35)43-36-31(39)24-41-37(44-36)45-25-42-33-20-19-26(40-4)23-34(33)45/h5-20,23-25,32,35H,21-22,39H2,1-3H3,(H,41,43,44)/t32-,35-/m1/s1. The summed E-state index contributed by atoms with van der Waals surface area (Å²) < 4.78 is 9.41. The van der Waals surface area contributed by atoms with Crippen molar-refractivity contribution in [2.45, 2.75) is 50.8 Å². The Bertz CT molecular complexity index is 2040. The number of benzene rings is 4. The van der Waals surface area contributed by atoms with Crippen molar-refractivity contribution < 1.29 is 4.43 Å². The molecule has 8 nitrogen and oxygen atoms in total. The molecule has 0 amide bonds. The summed E-state index contributed by atoms with van der Waals surface area (Å²) >= 11 is 0. The fourth-order valence-corrected chi connectivity index (χ4v) is 11.6. The summed E-state index contributed by atoms with van der Waals surface area (Å²) in [7, 11) is -2.77. The zero-order chi connectivity index (χ0) is 32.6. The lowest BCUT2D eigenvalue weighted by Gasteiger charge is -2.46. The van der Waals surface area contributed by atoms with Crippen molar-refractivity contribution in [3.8, 4) is 5.95 Å². The molecule has 2 aromatic heterocycles. The van der Waals surface area contributed by atoms with Gasteiger partial charge in [-0.1, -0.05) is 112 Å². The van der Waals surface area contributed by atoms with Crippen LogP contribution in [0.3, 0.4) is 0 Å². The van der Waals surface area contributed by atoms with Gasteiger partial charge in [-0.3, -0.25) is 4.57 Å². The molecule has 6 aromatic rings. The highest BCUT2D eigenvalue weighted by Gasteiger charge is 2.52. The molecule has 7 rings (SSSR count). The molecule has 1 aliphatic carbocycles. The minimum Gasteiger partial charge on any atom is -0.400 e. The van der Waals surface area contributed by atoms with Crippen molar-refractivity contribution in [3.63, 3.8) is 0 Å². The van der Waals surface area contributed by atoms with Crippen LogP contribution in [-0.4, -0.2) is 27.8 Å². The zero-order valence-corrected chi connectivity index (χ0v) is 27.8. The number of hydrogen-bond acceptors (Lipinski definition) is 6. The molecule has 47 heavy (non-hydrogen) atoms. The van der Waals surface area contributed by atoms with Crippen LogP contribution in [0.2, 0.25) is 5.04 Å². The van der Waals surface area contributed by atoms with Crippen LogP contribution < -0.4 is 21.4 Å². The molecular weight excluding hydrogens is 599 g/mol. The molecule has 234 valence electrons. The third-order valence-corrected chi connectivity index (χ3v) is 14.2. The average molecular weight is 636 g/mol. The molecule has 0 spiro atoms. The predicted molar refractivity (Wildman–Crippen MR) is 191 cm³/mol. The zero-order valence-electron chi connectivity index (χ0n) is 26.8. The van der Waals surface area contributed by atoms with E-state index in [2.05, 4.69) is 126 Å². The lowest BCUT2D eigenvalue weighted by Crippen LogP contribution is -2.67. The Morgan fingerprint density at radius 2 is 1.53 bits per heavy atom. The monoisotopic (exact) mass is 635 g/mol. The molecular formula is C38H37N7OSi. The molecule has 0 bridgehead atoms. The molecule has 2 heterocycles.